The minimum absolute atomic E-state index is 0.101. The van der Waals surface area contributed by atoms with Crippen molar-refractivity contribution < 1.29 is 5.21 Å². The molecule has 35 heavy (non-hydrogen) atoms. The zero-order valence-corrected chi connectivity index (χ0v) is 19.2. The zero-order valence-electron chi connectivity index (χ0n) is 19.2. The van der Waals surface area contributed by atoms with Crippen LogP contribution in [0.5, 0.6) is 0 Å². The smallest absolute Gasteiger partial charge is 0.159 e. The summed E-state index contributed by atoms with van der Waals surface area (Å²) in [7, 11) is 0. The molecule has 0 radical (unpaired) electrons. The van der Waals surface area contributed by atoms with Crippen LogP contribution in [0.1, 0.15) is 35.7 Å². The van der Waals surface area contributed by atoms with Gasteiger partial charge in [-0.15, -0.1) is 0 Å². The van der Waals surface area contributed by atoms with Crippen LogP contribution in [0.2, 0.25) is 0 Å². The molecule has 1 saturated heterocycles. The minimum atomic E-state index is -0.125. The Morgan fingerprint density at radius 1 is 1.06 bits per heavy atom. The number of benzene rings is 2. The SMILES string of the molecule is ON1CCC2(CC1)CNc1cc(-c3ncc4c(n3)C(Cc3ccc5ncccc5c3)N=N4)ccc12. The fourth-order valence-corrected chi connectivity index (χ4v) is 5.67. The third kappa shape index (κ3) is 3.48. The molecule has 0 saturated carbocycles. The number of nitrogens with one attached hydrogen (secondary N) is 1. The zero-order chi connectivity index (χ0) is 23.4. The van der Waals surface area contributed by atoms with E-state index in [1.165, 1.54) is 16.2 Å². The predicted molar refractivity (Wildman–Crippen MR) is 133 cm³/mol. The van der Waals surface area contributed by atoms with Gasteiger partial charge in [-0.1, -0.05) is 24.3 Å². The number of fused-ring (bicyclic) bond motifs is 4. The molecule has 8 nitrogen and oxygen atoms in total. The Morgan fingerprint density at radius 3 is 2.89 bits per heavy atom. The van der Waals surface area contributed by atoms with E-state index in [2.05, 4.69) is 68.0 Å². The lowest BCUT2D eigenvalue weighted by atomic mass is 9.74. The number of anilines is 1. The van der Waals surface area contributed by atoms with Crippen LogP contribution in [0.25, 0.3) is 22.3 Å². The molecular weight excluding hydrogens is 438 g/mol. The first-order valence-corrected chi connectivity index (χ1v) is 12.1. The lowest BCUT2D eigenvalue weighted by Crippen LogP contribution is -2.42. The topological polar surface area (TPSA) is 98.9 Å². The minimum Gasteiger partial charge on any atom is -0.384 e. The van der Waals surface area contributed by atoms with Crippen molar-refractivity contribution in [1.29, 1.82) is 0 Å². The van der Waals surface area contributed by atoms with Gasteiger partial charge in [0, 0.05) is 54.3 Å². The third-order valence-electron chi connectivity index (χ3n) is 7.68. The molecular formula is C27H25N7O. The fourth-order valence-electron chi connectivity index (χ4n) is 5.67. The van der Waals surface area contributed by atoms with Crippen molar-refractivity contribution in [3.05, 3.63) is 77.7 Å². The average molecular weight is 464 g/mol. The molecule has 0 bridgehead atoms. The predicted octanol–water partition coefficient (Wildman–Crippen LogP) is 5.22. The van der Waals surface area contributed by atoms with Gasteiger partial charge in [-0.25, -0.2) is 9.97 Å². The standard InChI is InChI=1S/C27H25N7O/c35-34-10-7-27(8-11-34)16-30-22-14-19(4-5-20(22)27)26-29-15-24-25(31-26)23(32-33-24)13-17-3-6-21-18(12-17)2-1-9-28-21/h1-6,9,12,14-15,23,30,35H,7-8,10-11,13,16H2. The van der Waals surface area contributed by atoms with E-state index in [1.807, 2.05) is 12.3 Å². The number of hydroxylamine groups is 2. The van der Waals surface area contributed by atoms with E-state index < -0.39 is 0 Å². The second-order valence-corrected chi connectivity index (χ2v) is 9.78. The second kappa shape index (κ2) is 7.90. The van der Waals surface area contributed by atoms with Crippen LogP contribution < -0.4 is 5.32 Å². The van der Waals surface area contributed by atoms with Gasteiger partial charge in [-0.3, -0.25) is 4.98 Å². The molecule has 4 aromatic rings. The van der Waals surface area contributed by atoms with Crippen molar-refractivity contribution in [2.75, 3.05) is 25.0 Å². The molecule has 1 spiro atoms. The lowest BCUT2D eigenvalue weighted by molar-refractivity contribution is -0.114. The summed E-state index contributed by atoms with van der Waals surface area (Å²) >= 11 is 0. The first-order valence-electron chi connectivity index (χ1n) is 12.1. The average Bonchev–Trinajstić information content (AvgIpc) is 3.46. The number of hydrogen-bond acceptors (Lipinski definition) is 8. The second-order valence-electron chi connectivity index (χ2n) is 9.78. The Bertz CT molecular complexity index is 1480. The van der Waals surface area contributed by atoms with Crippen LogP contribution in [0.3, 0.4) is 0 Å². The van der Waals surface area contributed by atoms with Crippen LogP contribution in [0, 0.1) is 0 Å². The van der Waals surface area contributed by atoms with E-state index in [0.29, 0.717) is 18.9 Å². The highest BCUT2D eigenvalue weighted by molar-refractivity contribution is 5.79. The van der Waals surface area contributed by atoms with Gasteiger partial charge in [0.15, 0.2) is 5.82 Å². The Morgan fingerprint density at radius 2 is 1.97 bits per heavy atom. The Balaban J connectivity index is 1.17. The molecule has 1 unspecified atom stereocenters. The number of hydrogen-bond donors (Lipinski definition) is 2. The lowest BCUT2D eigenvalue weighted by Gasteiger charge is -2.36. The molecule has 7 rings (SSSR count). The summed E-state index contributed by atoms with van der Waals surface area (Å²) < 4.78 is 0. The monoisotopic (exact) mass is 463 g/mol. The van der Waals surface area contributed by atoms with Gasteiger partial charge in [0.05, 0.1) is 17.4 Å². The van der Waals surface area contributed by atoms with Crippen molar-refractivity contribution in [1.82, 2.24) is 20.0 Å². The van der Waals surface area contributed by atoms with Gasteiger partial charge >= 0.3 is 0 Å². The first-order chi connectivity index (χ1) is 17.2. The summed E-state index contributed by atoms with van der Waals surface area (Å²) in [5, 5.41) is 24.8. The molecule has 8 heteroatoms. The largest absolute Gasteiger partial charge is 0.384 e. The maximum atomic E-state index is 9.81. The van der Waals surface area contributed by atoms with E-state index in [9.17, 15) is 5.21 Å². The molecule has 0 amide bonds. The molecule has 2 aromatic heterocycles. The quantitative estimate of drug-likeness (QED) is 0.432. The van der Waals surface area contributed by atoms with Gasteiger partial charge in [-0.05, 0) is 48.2 Å². The van der Waals surface area contributed by atoms with Crippen molar-refractivity contribution in [3.63, 3.8) is 0 Å². The molecule has 0 aliphatic carbocycles. The van der Waals surface area contributed by atoms with Crippen LogP contribution in [0.15, 0.2) is 71.2 Å². The molecule has 3 aliphatic heterocycles. The number of rotatable bonds is 3. The van der Waals surface area contributed by atoms with Crippen molar-refractivity contribution >= 4 is 22.3 Å². The molecule has 5 heterocycles. The summed E-state index contributed by atoms with van der Waals surface area (Å²) in [6.45, 7) is 2.32. The van der Waals surface area contributed by atoms with E-state index in [-0.39, 0.29) is 11.5 Å². The normalized spacial score (nSPS) is 20.2. The highest BCUT2D eigenvalue weighted by Gasteiger charge is 2.41. The summed E-state index contributed by atoms with van der Waals surface area (Å²) in [5.41, 5.74) is 7.36. The highest BCUT2D eigenvalue weighted by atomic mass is 16.5. The first kappa shape index (κ1) is 20.6. The number of pyridine rings is 1. The molecule has 2 aromatic carbocycles. The molecule has 174 valence electrons. The number of azo groups is 1. The van der Waals surface area contributed by atoms with E-state index in [4.69, 9.17) is 4.98 Å². The van der Waals surface area contributed by atoms with Crippen molar-refractivity contribution in [2.24, 2.45) is 10.2 Å². The summed E-state index contributed by atoms with van der Waals surface area (Å²) in [4.78, 5) is 13.9. The van der Waals surface area contributed by atoms with Gasteiger partial charge in [-0.2, -0.15) is 15.3 Å². The molecule has 1 fully saturated rings. The highest BCUT2D eigenvalue weighted by Crippen LogP contribution is 2.45. The molecule has 1 atom stereocenters. The van der Waals surface area contributed by atoms with E-state index in [0.717, 1.165) is 59.3 Å². The van der Waals surface area contributed by atoms with Gasteiger partial charge < -0.3 is 10.5 Å². The number of piperidine rings is 1. The van der Waals surface area contributed by atoms with E-state index in [1.54, 1.807) is 6.20 Å². The van der Waals surface area contributed by atoms with Crippen molar-refractivity contribution in [3.8, 4) is 11.4 Å². The fraction of sp³-hybridized carbons (Fsp3) is 0.296. The number of aromatic nitrogens is 3. The van der Waals surface area contributed by atoms with Gasteiger partial charge in [0.1, 0.15) is 11.7 Å². The van der Waals surface area contributed by atoms with Gasteiger partial charge in [0.25, 0.3) is 0 Å². The Hall–Kier alpha value is -3.75. The van der Waals surface area contributed by atoms with Crippen LogP contribution in [-0.2, 0) is 11.8 Å². The molecule has 2 N–H and O–H groups in total. The summed E-state index contributed by atoms with van der Waals surface area (Å²) in [6.07, 6.45) is 6.23. The van der Waals surface area contributed by atoms with Crippen molar-refractivity contribution in [2.45, 2.75) is 30.7 Å². The summed E-state index contributed by atoms with van der Waals surface area (Å²) in [5.74, 6) is 0.694. The Kier molecular flexibility index (Phi) is 4.65. The van der Waals surface area contributed by atoms with E-state index >= 15 is 0 Å². The maximum absolute atomic E-state index is 9.81. The van der Waals surface area contributed by atoms with Crippen LogP contribution >= 0.6 is 0 Å². The summed E-state index contributed by atoms with van der Waals surface area (Å²) in [6, 6.07) is 16.7. The maximum Gasteiger partial charge on any atom is 0.159 e. The van der Waals surface area contributed by atoms with Crippen LogP contribution in [0.4, 0.5) is 11.4 Å². The molecule has 3 aliphatic rings. The van der Waals surface area contributed by atoms with Crippen LogP contribution in [-0.4, -0.2) is 44.9 Å². The Labute approximate surface area is 202 Å². The van der Waals surface area contributed by atoms with Gasteiger partial charge in [0.2, 0.25) is 0 Å². The third-order valence-corrected chi connectivity index (χ3v) is 7.68. The number of nitrogens with zero attached hydrogens (tertiary/aromatic N) is 6.